The fourth-order valence-electron chi connectivity index (χ4n) is 6.32. The minimum absolute atomic E-state index is 0.121. The van der Waals surface area contributed by atoms with Gasteiger partial charge < -0.3 is 29.9 Å². The minimum atomic E-state index is -0.278. The quantitative estimate of drug-likeness (QED) is 0.371. The number of aryl methyl sites for hydroxylation is 2. The second-order valence-corrected chi connectivity index (χ2v) is 11.2. The van der Waals surface area contributed by atoms with Crippen LogP contribution in [0.15, 0.2) is 48.7 Å². The van der Waals surface area contributed by atoms with Gasteiger partial charge in [-0.05, 0) is 79.8 Å². The normalized spacial score (nSPS) is 19.2. The molecule has 218 valence electrons. The molecule has 0 saturated carbocycles. The zero-order chi connectivity index (χ0) is 29.3. The third-order valence-corrected chi connectivity index (χ3v) is 8.63. The van der Waals surface area contributed by atoms with Crippen molar-refractivity contribution in [1.29, 1.82) is 0 Å². The molecule has 1 aromatic heterocycles. The van der Waals surface area contributed by atoms with Gasteiger partial charge in [-0.2, -0.15) is 0 Å². The van der Waals surface area contributed by atoms with Crippen molar-refractivity contribution in [3.8, 4) is 16.9 Å². The van der Waals surface area contributed by atoms with Crippen molar-refractivity contribution in [2.75, 3.05) is 45.3 Å². The standard InChI is InChI=1S/C32H41N5O4/c1-20-6-7-25(36-18-26-8-9-27(19-36)37(26)10-11-38)16-29(20)31(39)34-21(2)22-12-23(14-28(13-22)41-5)24-15-30(32(40)33-3)35(4)17-24/h6-7,12-17,21,26-27,38H,8-11,18-19H2,1-5H3,(H,33,40)(H,34,39)/t21-,26-,27+/m1/s1. The highest BCUT2D eigenvalue weighted by Gasteiger charge is 2.39. The molecule has 3 aromatic rings. The first-order chi connectivity index (χ1) is 19.7. The van der Waals surface area contributed by atoms with E-state index in [9.17, 15) is 14.7 Å². The maximum absolute atomic E-state index is 13.6. The lowest BCUT2D eigenvalue weighted by Crippen LogP contribution is -2.54. The van der Waals surface area contributed by atoms with Gasteiger partial charge in [0, 0.05) is 68.8 Å². The fourth-order valence-corrected chi connectivity index (χ4v) is 6.32. The molecule has 0 radical (unpaired) electrons. The lowest BCUT2D eigenvalue weighted by molar-refractivity contribution is 0.0935. The number of hydrogen-bond donors (Lipinski definition) is 3. The number of ether oxygens (including phenoxy) is 1. The molecule has 3 heterocycles. The van der Waals surface area contributed by atoms with E-state index in [1.54, 1.807) is 18.7 Å². The average molecular weight is 560 g/mol. The number of nitrogens with one attached hydrogen (secondary N) is 2. The number of hydrogen-bond acceptors (Lipinski definition) is 6. The minimum Gasteiger partial charge on any atom is -0.497 e. The Morgan fingerprint density at radius 1 is 1.05 bits per heavy atom. The molecule has 0 spiro atoms. The molecular weight excluding hydrogens is 518 g/mol. The van der Waals surface area contributed by atoms with Crippen LogP contribution in [0.5, 0.6) is 5.75 Å². The topological polar surface area (TPSA) is 99.1 Å². The van der Waals surface area contributed by atoms with E-state index in [2.05, 4.69) is 26.5 Å². The maximum atomic E-state index is 13.6. The van der Waals surface area contributed by atoms with Gasteiger partial charge in [-0.15, -0.1) is 0 Å². The number of fused-ring (bicyclic) bond motifs is 2. The molecule has 9 heteroatoms. The Hall–Kier alpha value is -3.82. The number of anilines is 1. The number of piperazine rings is 1. The molecule has 5 rings (SSSR count). The van der Waals surface area contributed by atoms with Crippen molar-refractivity contribution in [2.24, 2.45) is 7.05 Å². The number of methoxy groups -OCH3 is 1. The van der Waals surface area contributed by atoms with E-state index in [4.69, 9.17) is 4.74 Å². The Balaban J connectivity index is 1.35. The van der Waals surface area contributed by atoms with Gasteiger partial charge in [0.15, 0.2) is 0 Å². The summed E-state index contributed by atoms with van der Waals surface area (Å²) in [5.41, 5.74) is 5.92. The van der Waals surface area contributed by atoms with Crippen molar-refractivity contribution >= 4 is 17.5 Å². The lowest BCUT2D eigenvalue weighted by atomic mass is 10.00. The number of rotatable bonds is 9. The van der Waals surface area contributed by atoms with Crippen LogP contribution in [-0.2, 0) is 7.05 Å². The molecule has 3 atom stereocenters. The van der Waals surface area contributed by atoms with E-state index >= 15 is 0 Å². The SMILES string of the molecule is CNC(=O)c1cc(-c2cc(OC)cc([C@@H](C)NC(=O)c3cc(N4C[C@H]5CC[C@@H](C4)N5CCO)ccc3C)c2)cn1C. The largest absolute Gasteiger partial charge is 0.497 e. The molecule has 2 bridgehead atoms. The van der Waals surface area contributed by atoms with E-state index in [0.717, 1.165) is 60.4 Å². The zero-order valence-corrected chi connectivity index (χ0v) is 24.6. The van der Waals surface area contributed by atoms with Crippen LogP contribution in [0.3, 0.4) is 0 Å². The highest BCUT2D eigenvalue weighted by molar-refractivity contribution is 5.97. The Bertz CT molecular complexity index is 1420. The summed E-state index contributed by atoms with van der Waals surface area (Å²) in [4.78, 5) is 30.7. The highest BCUT2D eigenvalue weighted by atomic mass is 16.5. The molecular formula is C32H41N5O4. The fraction of sp³-hybridized carbons (Fsp3) is 0.438. The van der Waals surface area contributed by atoms with Crippen molar-refractivity contribution in [3.63, 3.8) is 0 Å². The number of amides is 2. The predicted molar refractivity (Wildman–Crippen MR) is 161 cm³/mol. The summed E-state index contributed by atoms with van der Waals surface area (Å²) in [6, 6.07) is 14.5. The summed E-state index contributed by atoms with van der Waals surface area (Å²) >= 11 is 0. The Kier molecular flexibility index (Phi) is 8.37. The molecule has 0 unspecified atom stereocenters. The first-order valence-corrected chi connectivity index (χ1v) is 14.3. The number of benzene rings is 2. The van der Waals surface area contributed by atoms with Crippen molar-refractivity contribution in [3.05, 3.63) is 71.0 Å². The van der Waals surface area contributed by atoms with Crippen LogP contribution in [0.2, 0.25) is 0 Å². The van der Waals surface area contributed by atoms with Gasteiger partial charge in [0.1, 0.15) is 11.4 Å². The van der Waals surface area contributed by atoms with E-state index in [1.165, 1.54) is 0 Å². The summed E-state index contributed by atoms with van der Waals surface area (Å²) < 4.78 is 7.39. The van der Waals surface area contributed by atoms with Crippen LogP contribution in [0.1, 0.15) is 57.8 Å². The van der Waals surface area contributed by atoms with E-state index in [-0.39, 0.29) is 24.5 Å². The van der Waals surface area contributed by atoms with E-state index < -0.39 is 0 Å². The third kappa shape index (κ3) is 5.83. The molecule has 2 saturated heterocycles. The number of aliphatic hydroxyl groups excluding tert-OH is 1. The second-order valence-electron chi connectivity index (χ2n) is 11.2. The number of aromatic nitrogens is 1. The third-order valence-electron chi connectivity index (χ3n) is 8.63. The van der Waals surface area contributed by atoms with Crippen LogP contribution in [0, 0.1) is 6.92 Å². The van der Waals surface area contributed by atoms with E-state index in [1.807, 2.05) is 63.5 Å². The zero-order valence-electron chi connectivity index (χ0n) is 24.6. The summed E-state index contributed by atoms with van der Waals surface area (Å²) in [5.74, 6) is 0.404. The monoisotopic (exact) mass is 559 g/mol. The molecule has 2 fully saturated rings. The van der Waals surface area contributed by atoms with Crippen molar-refractivity contribution < 1.29 is 19.4 Å². The van der Waals surface area contributed by atoms with Gasteiger partial charge in [-0.3, -0.25) is 14.5 Å². The molecule has 2 amide bonds. The van der Waals surface area contributed by atoms with Crippen LogP contribution in [-0.4, -0.2) is 78.9 Å². The molecule has 41 heavy (non-hydrogen) atoms. The van der Waals surface area contributed by atoms with Gasteiger partial charge in [0.05, 0.1) is 19.8 Å². The van der Waals surface area contributed by atoms with Gasteiger partial charge in [-0.25, -0.2) is 0 Å². The summed E-state index contributed by atoms with van der Waals surface area (Å²) in [5, 5.41) is 15.3. The average Bonchev–Trinajstić information content (AvgIpc) is 3.47. The number of carbonyl (C=O) groups excluding carboxylic acids is 2. The lowest BCUT2D eigenvalue weighted by Gasteiger charge is -2.42. The summed E-state index contributed by atoms with van der Waals surface area (Å²) in [6.07, 6.45) is 4.21. The van der Waals surface area contributed by atoms with Gasteiger partial charge in [0.2, 0.25) is 0 Å². The predicted octanol–water partition coefficient (Wildman–Crippen LogP) is 3.51. The summed E-state index contributed by atoms with van der Waals surface area (Å²) in [7, 11) is 5.08. The molecule has 2 aliphatic heterocycles. The molecule has 9 nitrogen and oxygen atoms in total. The van der Waals surface area contributed by atoms with E-state index in [0.29, 0.717) is 29.1 Å². The molecule has 3 N–H and O–H groups in total. The van der Waals surface area contributed by atoms with Crippen LogP contribution < -0.4 is 20.3 Å². The Morgan fingerprint density at radius 2 is 1.78 bits per heavy atom. The van der Waals surface area contributed by atoms with Crippen LogP contribution in [0.25, 0.3) is 11.1 Å². The first kappa shape index (κ1) is 28.7. The smallest absolute Gasteiger partial charge is 0.267 e. The van der Waals surface area contributed by atoms with Crippen molar-refractivity contribution in [1.82, 2.24) is 20.1 Å². The Labute approximate surface area is 242 Å². The van der Waals surface area contributed by atoms with Gasteiger partial charge in [0.25, 0.3) is 11.8 Å². The molecule has 2 aromatic carbocycles. The number of nitrogens with zero attached hydrogens (tertiary/aromatic N) is 3. The molecule has 0 aliphatic carbocycles. The maximum Gasteiger partial charge on any atom is 0.267 e. The number of aliphatic hydroxyl groups is 1. The van der Waals surface area contributed by atoms with Crippen molar-refractivity contribution in [2.45, 2.75) is 44.8 Å². The summed E-state index contributed by atoms with van der Waals surface area (Å²) in [6.45, 7) is 6.67. The second kappa shape index (κ2) is 12.0. The molecule has 2 aliphatic rings. The number of carbonyl (C=O) groups is 2. The highest BCUT2D eigenvalue weighted by Crippen LogP contribution is 2.34. The van der Waals surface area contributed by atoms with Gasteiger partial charge >= 0.3 is 0 Å². The first-order valence-electron chi connectivity index (χ1n) is 14.3. The Morgan fingerprint density at radius 3 is 2.44 bits per heavy atom. The van der Waals surface area contributed by atoms with Crippen LogP contribution in [0.4, 0.5) is 5.69 Å². The van der Waals surface area contributed by atoms with Gasteiger partial charge in [-0.1, -0.05) is 6.07 Å². The van der Waals surface area contributed by atoms with Crippen LogP contribution >= 0.6 is 0 Å².